The Morgan fingerprint density at radius 2 is 1.89 bits per heavy atom. The summed E-state index contributed by atoms with van der Waals surface area (Å²) in [7, 11) is 0. The molecule has 18 heavy (non-hydrogen) atoms. The minimum absolute atomic E-state index is 0.532. The highest BCUT2D eigenvalue weighted by Crippen LogP contribution is 2.33. The molecule has 0 spiro atoms. The van der Waals surface area contributed by atoms with Gasteiger partial charge in [0.05, 0.1) is 6.10 Å². The lowest BCUT2D eigenvalue weighted by Gasteiger charge is -2.10. The summed E-state index contributed by atoms with van der Waals surface area (Å²) in [5.41, 5.74) is 2.02. The molecule has 0 saturated carbocycles. The first-order chi connectivity index (χ1) is 8.58. The van der Waals surface area contributed by atoms with Gasteiger partial charge >= 0.3 is 0 Å². The van der Waals surface area contributed by atoms with E-state index in [2.05, 4.69) is 19.1 Å². The van der Waals surface area contributed by atoms with E-state index in [1.165, 1.54) is 10.5 Å². The van der Waals surface area contributed by atoms with Crippen molar-refractivity contribution >= 4 is 23.4 Å². The summed E-state index contributed by atoms with van der Waals surface area (Å²) < 4.78 is 0. The van der Waals surface area contributed by atoms with Crippen molar-refractivity contribution in [2.24, 2.45) is 0 Å². The monoisotopic (exact) mass is 278 g/mol. The van der Waals surface area contributed by atoms with Crippen LogP contribution in [0.5, 0.6) is 0 Å². The number of hydrogen-bond donors (Lipinski definition) is 1. The number of benzene rings is 2. The van der Waals surface area contributed by atoms with Gasteiger partial charge in [0.15, 0.2) is 0 Å². The Hall–Kier alpha value is -0.960. The van der Waals surface area contributed by atoms with E-state index in [1.807, 2.05) is 30.3 Å². The van der Waals surface area contributed by atoms with Crippen LogP contribution in [0.1, 0.15) is 24.2 Å². The van der Waals surface area contributed by atoms with Crippen molar-refractivity contribution in [3.8, 4) is 0 Å². The fourth-order valence-corrected chi connectivity index (χ4v) is 3.05. The lowest BCUT2D eigenvalue weighted by Crippen LogP contribution is -1.92. The average Bonchev–Trinajstić information content (AvgIpc) is 2.32. The molecule has 94 valence electrons. The van der Waals surface area contributed by atoms with E-state index in [1.54, 1.807) is 18.7 Å². The fraction of sp³-hybridized carbons (Fsp3) is 0.200. The zero-order valence-corrected chi connectivity index (χ0v) is 11.9. The Labute approximate surface area is 117 Å². The maximum atomic E-state index is 9.54. The first-order valence-electron chi connectivity index (χ1n) is 5.79. The minimum Gasteiger partial charge on any atom is -0.389 e. The Kier molecular flexibility index (Phi) is 4.33. The molecule has 0 heterocycles. The molecular weight excluding hydrogens is 264 g/mol. The number of aryl methyl sites for hydroxylation is 1. The van der Waals surface area contributed by atoms with Gasteiger partial charge in [0.1, 0.15) is 0 Å². The van der Waals surface area contributed by atoms with Gasteiger partial charge in [0.2, 0.25) is 0 Å². The molecule has 0 saturated heterocycles. The maximum absolute atomic E-state index is 9.54. The molecule has 1 N–H and O–H groups in total. The smallest absolute Gasteiger partial charge is 0.0776 e. The summed E-state index contributed by atoms with van der Waals surface area (Å²) in [4.78, 5) is 2.30. The highest BCUT2D eigenvalue weighted by atomic mass is 35.5. The third kappa shape index (κ3) is 3.08. The van der Waals surface area contributed by atoms with Crippen LogP contribution in [0.3, 0.4) is 0 Å². The largest absolute Gasteiger partial charge is 0.389 e. The number of halogens is 1. The van der Waals surface area contributed by atoms with Crippen LogP contribution in [0.4, 0.5) is 0 Å². The van der Waals surface area contributed by atoms with Gasteiger partial charge in [-0.05, 0) is 43.2 Å². The number of aliphatic hydroxyl groups is 1. The van der Waals surface area contributed by atoms with Crippen molar-refractivity contribution in [2.75, 3.05) is 0 Å². The lowest BCUT2D eigenvalue weighted by molar-refractivity contribution is 0.199. The van der Waals surface area contributed by atoms with Crippen molar-refractivity contribution in [3.05, 3.63) is 58.6 Å². The van der Waals surface area contributed by atoms with Gasteiger partial charge in [-0.25, -0.2) is 0 Å². The van der Waals surface area contributed by atoms with Crippen LogP contribution in [0.2, 0.25) is 5.02 Å². The normalized spacial score (nSPS) is 12.4. The van der Waals surface area contributed by atoms with Crippen LogP contribution < -0.4 is 0 Å². The molecule has 0 amide bonds. The predicted octanol–water partition coefficient (Wildman–Crippen LogP) is 4.85. The highest BCUT2D eigenvalue weighted by molar-refractivity contribution is 7.99. The van der Waals surface area contributed by atoms with Crippen LogP contribution in [0.25, 0.3) is 0 Å². The molecule has 3 heteroatoms. The summed E-state index contributed by atoms with van der Waals surface area (Å²) >= 11 is 7.84. The fourth-order valence-electron chi connectivity index (χ4n) is 1.71. The summed E-state index contributed by atoms with van der Waals surface area (Å²) in [5.74, 6) is 0. The van der Waals surface area contributed by atoms with Crippen LogP contribution in [-0.4, -0.2) is 5.11 Å². The van der Waals surface area contributed by atoms with Crippen molar-refractivity contribution in [3.63, 3.8) is 0 Å². The summed E-state index contributed by atoms with van der Waals surface area (Å²) in [5, 5.41) is 10.2. The minimum atomic E-state index is -0.532. The topological polar surface area (TPSA) is 20.2 Å². The zero-order valence-electron chi connectivity index (χ0n) is 10.4. The molecule has 0 aliphatic rings. The number of hydrogen-bond acceptors (Lipinski definition) is 2. The van der Waals surface area contributed by atoms with Crippen molar-refractivity contribution in [1.82, 2.24) is 0 Å². The van der Waals surface area contributed by atoms with Gasteiger partial charge < -0.3 is 5.11 Å². The molecule has 0 aliphatic carbocycles. The quantitative estimate of drug-likeness (QED) is 0.866. The predicted molar refractivity (Wildman–Crippen MR) is 77.4 cm³/mol. The second kappa shape index (κ2) is 5.79. The van der Waals surface area contributed by atoms with Crippen LogP contribution in [0, 0.1) is 6.92 Å². The maximum Gasteiger partial charge on any atom is 0.0776 e. The third-order valence-corrected chi connectivity index (χ3v) is 4.24. The van der Waals surface area contributed by atoms with Gasteiger partial charge in [-0.15, -0.1) is 0 Å². The van der Waals surface area contributed by atoms with E-state index < -0.39 is 6.10 Å². The molecule has 0 fully saturated rings. The van der Waals surface area contributed by atoms with E-state index >= 15 is 0 Å². The summed E-state index contributed by atoms with van der Waals surface area (Å²) in [6, 6.07) is 14.0. The summed E-state index contributed by atoms with van der Waals surface area (Å²) in [6.07, 6.45) is -0.532. The Morgan fingerprint density at radius 3 is 2.50 bits per heavy atom. The van der Waals surface area contributed by atoms with Crippen LogP contribution >= 0.6 is 23.4 Å². The first kappa shape index (κ1) is 13.5. The molecule has 0 aromatic heterocycles. The average molecular weight is 279 g/mol. The molecule has 0 radical (unpaired) electrons. The lowest BCUT2D eigenvalue weighted by atomic mass is 10.1. The van der Waals surface area contributed by atoms with E-state index in [-0.39, 0.29) is 0 Å². The zero-order chi connectivity index (χ0) is 13.1. The van der Waals surface area contributed by atoms with Crippen molar-refractivity contribution in [2.45, 2.75) is 29.7 Å². The second-order valence-corrected chi connectivity index (χ2v) is 5.75. The second-order valence-electron chi connectivity index (χ2n) is 4.23. The van der Waals surface area contributed by atoms with E-state index in [4.69, 9.17) is 11.6 Å². The molecule has 2 aromatic rings. The molecular formula is C15H15ClOS. The molecule has 2 rings (SSSR count). The third-order valence-electron chi connectivity index (χ3n) is 2.74. The van der Waals surface area contributed by atoms with Gasteiger partial charge in [0, 0.05) is 14.8 Å². The Bertz CT molecular complexity index is 552. The van der Waals surface area contributed by atoms with E-state index in [0.717, 1.165) is 10.5 Å². The number of rotatable bonds is 3. The van der Waals surface area contributed by atoms with Gasteiger partial charge in [-0.3, -0.25) is 0 Å². The van der Waals surface area contributed by atoms with E-state index in [9.17, 15) is 5.11 Å². The standard InChI is InChI=1S/C15H15ClOS/c1-10-5-3-4-6-15(10)18-12-7-8-13(11(2)17)14(16)9-12/h3-9,11,17H,1-2H3. The molecule has 0 bridgehead atoms. The van der Waals surface area contributed by atoms with Crippen LogP contribution in [0.15, 0.2) is 52.3 Å². The Morgan fingerprint density at radius 1 is 1.17 bits per heavy atom. The first-order valence-corrected chi connectivity index (χ1v) is 6.98. The molecule has 1 nitrogen and oxygen atoms in total. The van der Waals surface area contributed by atoms with Crippen LogP contribution in [-0.2, 0) is 0 Å². The number of aliphatic hydroxyl groups excluding tert-OH is 1. The Balaban J connectivity index is 2.26. The van der Waals surface area contributed by atoms with Crippen molar-refractivity contribution in [1.29, 1.82) is 0 Å². The van der Waals surface area contributed by atoms with E-state index in [0.29, 0.717) is 5.02 Å². The molecule has 0 aliphatic heterocycles. The SMILES string of the molecule is Cc1ccccc1Sc1ccc(C(C)O)c(Cl)c1. The van der Waals surface area contributed by atoms with Gasteiger partial charge in [-0.2, -0.15) is 0 Å². The molecule has 1 atom stereocenters. The highest BCUT2D eigenvalue weighted by Gasteiger charge is 2.08. The van der Waals surface area contributed by atoms with Gasteiger partial charge in [-0.1, -0.05) is 47.6 Å². The van der Waals surface area contributed by atoms with Gasteiger partial charge in [0.25, 0.3) is 0 Å². The molecule has 1 unspecified atom stereocenters. The molecule has 2 aromatic carbocycles. The van der Waals surface area contributed by atoms with Crippen molar-refractivity contribution < 1.29 is 5.11 Å². The summed E-state index contributed by atoms with van der Waals surface area (Å²) in [6.45, 7) is 3.81.